The summed E-state index contributed by atoms with van der Waals surface area (Å²) in [6.07, 6.45) is 0. The highest BCUT2D eigenvalue weighted by Gasteiger charge is 2.21. The van der Waals surface area contributed by atoms with Crippen molar-refractivity contribution in [2.45, 2.75) is 13.8 Å². The maximum absolute atomic E-state index is 14.8. The van der Waals surface area contributed by atoms with Crippen molar-refractivity contribution in [3.8, 4) is 39.5 Å². The highest BCUT2D eigenvalue weighted by molar-refractivity contribution is 5.92. The summed E-state index contributed by atoms with van der Waals surface area (Å²) in [7, 11) is 0. The van der Waals surface area contributed by atoms with E-state index in [2.05, 4.69) is 0 Å². The molecule has 4 nitrogen and oxygen atoms in total. The summed E-state index contributed by atoms with van der Waals surface area (Å²) in [5.74, 6) is -3.07. The fraction of sp³-hybridized carbons (Fsp3) is 0.138. The molecule has 0 aliphatic heterocycles. The molecule has 0 heterocycles. The molecule has 0 bridgehead atoms. The molecule has 0 N–H and O–H groups in total. The summed E-state index contributed by atoms with van der Waals surface area (Å²) in [5.41, 5.74) is 1.20. The van der Waals surface area contributed by atoms with Gasteiger partial charge in [-0.1, -0.05) is 36.4 Å². The second kappa shape index (κ2) is 11.0. The Morgan fingerprint density at radius 3 is 1.92 bits per heavy atom. The molecule has 4 rings (SSSR count). The van der Waals surface area contributed by atoms with Gasteiger partial charge in [-0.05, 0) is 73.0 Å². The molecular formula is C29H23F3O4. The molecule has 0 saturated heterocycles. The largest absolute Gasteiger partial charge is 0.494 e. The van der Waals surface area contributed by atoms with E-state index in [4.69, 9.17) is 14.2 Å². The molecule has 0 spiro atoms. The molecule has 4 aromatic rings. The van der Waals surface area contributed by atoms with Gasteiger partial charge in [0.15, 0.2) is 23.2 Å². The van der Waals surface area contributed by atoms with Gasteiger partial charge in [0, 0.05) is 5.56 Å². The van der Waals surface area contributed by atoms with Crippen LogP contribution in [0.4, 0.5) is 13.2 Å². The molecule has 36 heavy (non-hydrogen) atoms. The van der Waals surface area contributed by atoms with Crippen LogP contribution in [0.5, 0.6) is 17.2 Å². The zero-order chi connectivity index (χ0) is 25.7. The third-order valence-electron chi connectivity index (χ3n) is 5.41. The van der Waals surface area contributed by atoms with E-state index < -0.39 is 29.0 Å². The van der Waals surface area contributed by atoms with Crippen LogP contribution in [0.3, 0.4) is 0 Å². The zero-order valence-corrected chi connectivity index (χ0v) is 19.7. The van der Waals surface area contributed by atoms with Crippen molar-refractivity contribution in [2.75, 3.05) is 13.2 Å². The fourth-order valence-corrected chi connectivity index (χ4v) is 3.66. The number of esters is 1. The number of carbonyl (C=O) groups is 1. The second-order valence-corrected chi connectivity index (χ2v) is 7.74. The summed E-state index contributed by atoms with van der Waals surface area (Å²) in [6.45, 7) is 4.45. The van der Waals surface area contributed by atoms with Crippen molar-refractivity contribution >= 4 is 5.97 Å². The van der Waals surface area contributed by atoms with Crippen molar-refractivity contribution in [1.29, 1.82) is 0 Å². The molecule has 0 unspecified atom stereocenters. The Morgan fingerprint density at radius 1 is 0.667 bits per heavy atom. The number of hydrogen-bond donors (Lipinski definition) is 0. The number of halogens is 3. The van der Waals surface area contributed by atoms with Gasteiger partial charge in [0.25, 0.3) is 0 Å². The lowest BCUT2D eigenvalue weighted by Crippen LogP contribution is -2.12. The van der Waals surface area contributed by atoms with Crippen LogP contribution in [0.15, 0.2) is 78.9 Å². The lowest BCUT2D eigenvalue weighted by atomic mass is 10.0. The molecular weight excluding hydrogens is 469 g/mol. The lowest BCUT2D eigenvalue weighted by molar-refractivity contribution is 0.0728. The molecule has 0 atom stereocenters. The number of rotatable bonds is 8. The van der Waals surface area contributed by atoms with Gasteiger partial charge >= 0.3 is 5.97 Å². The summed E-state index contributed by atoms with van der Waals surface area (Å²) >= 11 is 0. The Bertz CT molecular complexity index is 1370. The van der Waals surface area contributed by atoms with E-state index in [-0.39, 0.29) is 17.1 Å². The average molecular weight is 492 g/mol. The lowest BCUT2D eigenvalue weighted by Gasteiger charge is -2.10. The fourth-order valence-electron chi connectivity index (χ4n) is 3.66. The van der Waals surface area contributed by atoms with Crippen molar-refractivity contribution in [3.63, 3.8) is 0 Å². The first-order chi connectivity index (χ1) is 17.4. The molecule has 0 aromatic heterocycles. The second-order valence-electron chi connectivity index (χ2n) is 7.74. The van der Waals surface area contributed by atoms with Gasteiger partial charge in [-0.15, -0.1) is 0 Å². The number of ether oxygens (including phenoxy) is 3. The van der Waals surface area contributed by atoms with Crippen molar-refractivity contribution in [2.24, 2.45) is 0 Å². The molecule has 4 aromatic carbocycles. The molecule has 184 valence electrons. The van der Waals surface area contributed by atoms with E-state index in [1.165, 1.54) is 36.4 Å². The van der Waals surface area contributed by atoms with Crippen LogP contribution in [0.1, 0.15) is 24.2 Å². The zero-order valence-electron chi connectivity index (χ0n) is 19.7. The number of benzene rings is 4. The molecule has 0 saturated carbocycles. The Balaban J connectivity index is 1.49. The highest BCUT2D eigenvalue weighted by atomic mass is 19.2. The van der Waals surface area contributed by atoms with E-state index >= 15 is 0 Å². The van der Waals surface area contributed by atoms with Gasteiger partial charge in [-0.2, -0.15) is 0 Å². The van der Waals surface area contributed by atoms with Gasteiger partial charge < -0.3 is 14.2 Å². The Hall–Kier alpha value is -4.26. The highest BCUT2D eigenvalue weighted by Crippen LogP contribution is 2.30. The Labute approximate surface area is 206 Å². The molecule has 0 fully saturated rings. The van der Waals surface area contributed by atoms with E-state index in [0.717, 1.165) is 0 Å². The minimum absolute atomic E-state index is 0.0130. The summed E-state index contributed by atoms with van der Waals surface area (Å²) in [6, 6.07) is 19.9. The third kappa shape index (κ3) is 5.35. The summed E-state index contributed by atoms with van der Waals surface area (Å²) in [4.78, 5) is 12.5. The molecule has 0 amide bonds. The average Bonchev–Trinajstić information content (AvgIpc) is 2.88. The van der Waals surface area contributed by atoms with Crippen LogP contribution in [0.25, 0.3) is 22.3 Å². The maximum atomic E-state index is 14.8. The first-order valence-electron chi connectivity index (χ1n) is 11.4. The summed E-state index contributed by atoms with van der Waals surface area (Å²) in [5, 5.41) is 0. The molecule has 0 aliphatic carbocycles. The Morgan fingerprint density at radius 2 is 1.28 bits per heavy atom. The van der Waals surface area contributed by atoms with Gasteiger partial charge in [0.1, 0.15) is 11.5 Å². The van der Waals surface area contributed by atoms with Crippen molar-refractivity contribution < 1.29 is 32.2 Å². The van der Waals surface area contributed by atoms with E-state index in [0.29, 0.717) is 35.7 Å². The quantitative estimate of drug-likeness (QED) is 0.189. The third-order valence-corrected chi connectivity index (χ3v) is 5.41. The first-order valence-corrected chi connectivity index (χ1v) is 11.4. The van der Waals surface area contributed by atoms with Gasteiger partial charge in [-0.3, -0.25) is 0 Å². The monoisotopic (exact) mass is 492 g/mol. The van der Waals surface area contributed by atoms with Crippen LogP contribution in [0, 0.1) is 17.5 Å². The van der Waals surface area contributed by atoms with Gasteiger partial charge in [0.2, 0.25) is 0 Å². The van der Waals surface area contributed by atoms with Gasteiger partial charge in [0.05, 0.1) is 18.8 Å². The topological polar surface area (TPSA) is 44.8 Å². The first kappa shape index (κ1) is 24.9. The molecule has 7 heteroatoms. The van der Waals surface area contributed by atoms with E-state index in [1.807, 2.05) is 6.92 Å². The number of carbonyl (C=O) groups excluding carboxylic acids is 1. The standard InChI is InChI=1S/C29H23F3O4/c1-3-34-21-10-7-19(8-11-21)23-14-15-24(28(32)27(23)31)29(33)36-22-12-5-18(6-13-22)20-9-16-26(35-4-2)25(30)17-20/h5-17H,3-4H2,1-2H3. The van der Waals surface area contributed by atoms with Crippen LogP contribution in [-0.4, -0.2) is 19.2 Å². The van der Waals surface area contributed by atoms with Crippen molar-refractivity contribution in [3.05, 3.63) is 102 Å². The van der Waals surface area contributed by atoms with Crippen molar-refractivity contribution in [1.82, 2.24) is 0 Å². The normalized spacial score (nSPS) is 10.7. The smallest absolute Gasteiger partial charge is 0.346 e. The van der Waals surface area contributed by atoms with Crippen LogP contribution >= 0.6 is 0 Å². The van der Waals surface area contributed by atoms with Crippen LogP contribution in [0.2, 0.25) is 0 Å². The van der Waals surface area contributed by atoms with Crippen LogP contribution < -0.4 is 14.2 Å². The summed E-state index contributed by atoms with van der Waals surface area (Å²) < 4.78 is 59.5. The van der Waals surface area contributed by atoms with E-state index in [1.54, 1.807) is 49.4 Å². The minimum Gasteiger partial charge on any atom is -0.494 e. The predicted molar refractivity (Wildman–Crippen MR) is 131 cm³/mol. The van der Waals surface area contributed by atoms with E-state index in [9.17, 15) is 18.0 Å². The van der Waals surface area contributed by atoms with Crippen LogP contribution in [-0.2, 0) is 0 Å². The Kier molecular flexibility index (Phi) is 7.59. The SMILES string of the molecule is CCOc1ccc(-c2ccc(C(=O)Oc3ccc(-c4ccc(OCC)c(F)c4)cc3)c(F)c2F)cc1. The molecule has 0 aliphatic rings. The number of hydrogen-bond acceptors (Lipinski definition) is 4. The predicted octanol–water partition coefficient (Wildman–Crippen LogP) is 7.45. The molecule has 0 radical (unpaired) electrons. The minimum atomic E-state index is -1.30. The maximum Gasteiger partial charge on any atom is 0.346 e. The van der Waals surface area contributed by atoms with Gasteiger partial charge in [-0.25, -0.2) is 18.0 Å².